The van der Waals surface area contributed by atoms with E-state index in [4.69, 9.17) is 27.1 Å². The number of methoxy groups -OCH3 is 2. The molecule has 0 aliphatic carbocycles. The molecule has 2 fully saturated rings. The molecule has 4 heterocycles. The van der Waals surface area contributed by atoms with Gasteiger partial charge in [-0.3, -0.25) is 9.59 Å². The van der Waals surface area contributed by atoms with E-state index < -0.39 is 24.3 Å². The van der Waals surface area contributed by atoms with Gasteiger partial charge in [-0.05, 0) is 66.6 Å². The van der Waals surface area contributed by atoms with Gasteiger partial charge in [0.15, 0.2) is 0 Å². The van der Waals surface area contributed by atoms with Gasteiger partial charge in [-0.2, -0.15) is 0 Å². The molecule has 14 nitrogen and oxygen atoms in total. The lowest BCUT2D eigenvalue weighted by Crippen LogP contribution is -2.51. The average Bonchev–Trinajstić information content (AvgIpc) is 4.14. The SMILES string of the molecule is COC(=O)N[C@H](C(=O)N1CCC[C@H]1c1ncc(-c2ccc(C#CC#Cc3cnc([C@@H]4CCCN4C(=O)[C@H](NC(=O)OC)c4ccccc4)[nH]3)c(-c3ccccc3)c2S)[nH]1)C(C)C. The molecular formula is C47H48N8O6S. The Bertz CT molecular complexity index is 2550. The minimum atomic E-state index is -0.916. The topological polar surface area (TPSA) is 175 Å². The first-order valence-corrected chi connectivity index (χ1v) is 20.9. The molecule has 4 amide bonds. The number of thiol groups is 1. The minimum Gasteiger partial charge on any atom is -0.453 e. The number of amides is 4. The van der Waals surface area contributed by atoms with Crippen LogP contribution in [0.5, 0.6) is 0 Å². The molecule has 2 aliphatic heterocycles. The largest absolute Gasteiger partial charge is 0.453 e. The zero-order valence-electron chi connectivity index (χ0n) is 34.9. The van der Waals surface area contributed by atoms with Gasteiger partial charge in [0.25, 0.3) is 5.91 Å². The highest BCUT2D eigenvalue weighted by Crippen LogP contribution is 2.39. The molecule has 0 unspecified atom stereocenters. The van der Waals surface area contributed by atoms with Gasteiger partial charge in [0.2, 0.25) is 5.91 Å². The Balaban J connectivity index is 1.10. The molecule has 15 heteroatoms. The van der Waals surface area contributed by atoms with Crippen molar-refractivity contribution >= 4 is 36.6 Å². The second-order valence-corrected chi connectivity index (χ2v) is 15.8. The molecule has 3 aromatic carbocycles. The van der Waals surface area contributed by atoms with Crippen molar-refractivity contribution in [1.29, 1.82) is 0 Å². The minimum absolute atomic E-state index is 0.144. The van der Waals surface area contributed by atoms with Gasteiger partial charge in [0.1, 0.15) is 29.4 Å². The van der Waals surface area contributed by atoms with Crippen LogP contribution in [0.2, 0.25) is 0 Å². The maximum atomic E-state index is 13.9. The summed E-state index contributed by atoms with van der Waals surface area (Å²) in [6.45, 7) is 4.83. The van der Waals surface area contributed by atoms with Crippen LogP contribution < -0.4 is 10.6 Å². The summed E-state index contributed by atoms with van der Waals surface area (Å²) in [5, 5.41) is 5.38. The van der Waals surface area contributed by atoms with Crippen LogP contribution >= 0.6 is 12.6 Å². The molecule has 0 spiro atoms. The number of imidazole rings is 2. The normalized spacial score (nSPS) is 16.7. The van der Waals surface area contributed by atoms with Crippen LogP contribution in [-0.4, -0.2) is 87.1 Å². The van der Waals surface area contributed by atoms with E-state index in [2.05, 4.69) is 49.3 Å². The molecule has 0 bridgehead atoms. The molecule has 0 radical (unpaired) electrons. The van der Waals surface area contributed by atoms with Crippen molar-refractivity contribution in [3.05, 3.63) is 114 Å². The van der Waals surface area contributed by atoms with E-state index in [1.54, 1.807) is 34.3 Å². The smallest absolute Gasteiger partial charge is 0.407 e. The summed E-state index contributed by atoms with van der Waals surface area (Å²) in [6.07, 6.45) is 5.04. The van der Waals surface area contributed by atoms with Crippen molar-refractivity contribution in [2.24, 2.45) is 5.92 Å². The highest BCUT2D eigenvalue weighted by Gasteiger charge is 2.39. The van der Waals surface area contributed by atoms with E-state index in [1.807, 2.05) is 74.5 Å². The van der Waals surface area contributed by atoms with Crippen LogP contribution in [0.15, 0.2) is 90.1 Å². The van der Waals surface area contributed by atoms with Crippen LogP contribution in [0.4, 0.5) is 9.59 Å². The summed E-state index contributed by atoms with van der Waals surface area (Å²) in [5.74, 6) is 12.9. The van der Waals surface area contributed by atoms with Crippen LogP contribution in [0, 0.1) is 29.6 Å². The van der Waals surface area contributed by atoms with E-state index in [9.17, 15) is 19.2 Å². The van der Waals surface area contributed by atoms with Crippen molar-refractivity contribution in [3.63, 3.8) is 0 Å². The Morgan fingerprint density at radius 3 is 2.02 bits per heavy atom. The zero-order valence-corrected chi connectivity index (χ0v) is 35.8. The van der Waals surface area contributed by atoms with Crippen molar-refractivity contribution in [1.82, 2.24) is 40.4 Å². The highest BCUT2D eigenvalue weighted by molar-refractivity contribution is 7.80. The highest BCUT2D eigenvalue weighted by atomic mass is 32.1. The summed E-state index contributed by atoms with van der Waals surface area (Å²) < 4.78 is 9.60. The molecule has 2 aliphatic rings. The third-order valence-corrected chi connectivity index (χ3v) is 11.6. The molecule has 4 atom stereocenters. The van der Waals surface area contributed by atoms with E-state index in [1.165, 1.54) is 14.2 Å². The first kappa shape index (κ1) is 43.1. The zero-order chi connectivity index (χ0) is 43.8. The first-order valence-electron chi connectivity index (χ1n) is 20.5. The fourth-order valence-corrected chi connectivity index (χ4v) is 8.45. The third-order valence-electron chi connectivity index (χ3n) is 11.1. The monoisotopic (exact) mass is 852 g/mol. The van der Waals surface area contributed by atoms with Crippen molar-refractivity contribution in [3.8, 4) is 46.1 Å². The predicted octanol–water partition coefficient (Wildman–Crippen LogP) is 6.96. The van der Waals surface area contributed by atoms with Crippen LogP contribution in [0.1, 0.15) is 86.1 Å². The van der Waals surface area contributed by atoms with E-state index >= 15 is 0 Å². The van der Waals surface area contributed by atoms with Crippen LogP contribution in [0.25, 0.3) is 22.4 Å². The first-order chi connectivity index (χ1) is 30.1. The van der Waals surface area contributed by atoms with Crippen LogP contribution in [0.3, 0.4) is 0 Å². The lowest BCUT2D eigenvalue weighted by molar-refractivity contribution is -0.135. The Morgan fingerprint density at radius 1 is 0.758 bits per heavy atom. The number of aromatic nitrogens is 4. The standard InChI is InChI=1S/C47H48N8O6S/c1-29(2)39(52-46(58)60-3)44(56)54-25-14-22-37(54)43-49-28-35(51-43)34-24-23-31(38(41(34)62)30-15-7-5-8-16-30)17-11-12-20-33-27-48-42(50-33)36-21-13-26-55(36)45(57)40(53-47(59)61-4)32-18-9-6-10-19-32/h5-10,15-16,18-19,23-24,27-29,36-37,39-40,62H,13-14,21-22,25-26H2,1-4H3,(H,48,50)(H,49,51)(H,52,58)(H,53,59)/t36-,37-,39-,40+/m0/s1. The molecule has 5 aromatic rings. The summed E-state index contributed by atoms with van der Waals surface area (Å²) in [7, 11) is 2.54. The number of rotatable bonds is 10. The fourth-order valence-electron chi connectivity index (χ4n) is 8.00. The summed E-state index contributed by atoms with van der Waals surface area (Å²) in [6, 6.07) is 20.5. The molecule has 0 saturated carbocycles. The maximum Gasteiger partial charge on any atom is 0.407 e. The van der Waals surface area contributed by atoms with E-state index in [-0.39, 0.29) is 29.8 Å². The summed E-state index contributed by atoms with van der Waals surface area (Å²) >= 11 is 5.05. The van der Waals surface area contributed by atoms with Crippen molar-refractivity contribution < 1.29 is 28.7 Å². The van der Waals surface area contributed by atoms with E-state index in [0.717, 1.165) is 47.2 Å². The van der Waals surface area contributed by atoms with Crippen LogP contribution in [-0.2, 0) is 19.1 Å². The number of carbonyl (C=O) groups excluding carboxylic acids is 4. The maximum absolute atomic E-state index is 13.9. The number of nitrogens with one attached hydrogen (secondary N) is 4. The lowest BCUT2D eigenvalue weighted by Gasteiger charge is -2.30. The quantitative estimate of drug-likeness (QED) is 0.0741. The number of nitrogens with zero attached hydrogens (tertiary/aromatic N) is 4. The molecule has 2 saturated heterocycles. The summed E-state index contributed by atoms with van der Waals surface area (Å²) in [5.41, 5.74) is 5.22. The van der Waals surface area contributed by atoms with Gasteiger partial charge in [0, 0.05) is 34.7 Å². The van der Waals surface area contributed by atoms with Gasteiger partial charge in [0.05, 0.1) is 44.4 Å². The van der Waals surface area contributed by atoms with Gasteiger partial charge in [-0.1, -0.05) is 86.5 Å². The molecule has 62 heavy (non-hydrogen) atoms. The van der Waals surface area contributed by atoms with E-state index in [0.29, 0.717) is 47.3 Å². The van der Waals surface area contributed by atoms with Gasteiger partial charge < -0.3 is 39.9 Å². The lowest BCUT2D eigenvalue weighted by atomic mass is 9.96. The summed E-state index contributed by atoms with van der Waals surface area (Å²) in [4.78, 5) is 72.1. The molecule has 7 rings (SSSR count). The second-order valence-electron chi connectivity index (χ2n) is 15.3. The number of likely N-dealkylation sites (tertiary alicyclic amines) is 2. The van der Waals surface area contributed by atoms with Crippen molar-refractivity contribution in [2.75, 3.05) is 27.3 Å². The number of aromatic amines is 2. The number of hydrogen-bond donors (Lipinski definition) is 5. The van der Waals surface area contributed by atoms with Gasteiger partial charge >= 0.3 is 12.2 Å². The number of carbonyl (C=O) groups is 4. The fraction of sp³-hybridized carbons (Fsp3) is 0.319. The number of hydrogen-bond acceptors (Lipinski definition) is 9. The number of alkyl carbamates (subject to hydrolysis) is 2. The Hall–Kier alpha value is -6.97. The Morgan fingerprint density at radius 2 is 1.35 bits per heavy atom. The third kappa shape index (κ3) is 9.48. The predicted molar refractivity (Wildman–Crippen MR) is 235 cm³/mol. The number of benzene rings is 3. The molecule has 2 aromatic heterocycles. The molecular weight excluding hydrogens is 805 g/mol. The average molecular weight is 853 g/mol. The van der Waals surface area contributed by atoms with Gasteiger partial charge in [-0.25, -0.2) is 19.6 Å². The number of H-pyrrole nitrogens is 2. The Labute approximate surface area is 366 Å². The number of ether oxygens (including phenoxy) is 2. The Kier molecular flexibility index (Phi) is 13.6. The molecule has 318 valence electrons. The van der Waals surface area contributed by atoms with Gasteiger partial charge in [-0.15, -0.1) is 12.6 Å². The molecule has 4 N–H and O–H groups in total. The second kappa shape index (κ2) is 19.6. The van der Waals surface area contributed by atoms with Crippen molar-refractivity contribution in [2.45, 2.75) is 68.6 Å².